The predicted octanol–water partition coefficient (Wildman–Crippen LogP) is 1.44. The fraction of sp³-hybridized carbons (Fsp3) is 0.111. The third-order valence-corrected chi connectivity index (χ3v) is 1.69. The first-order valence-corrected chi connectivity index (χ1v) is 3.82. The van der Waals surface area contributed by atoms with Crippen LogP contribution in [0.4, 0.5) is 5.69 Å². The van der Waals surface area contributed by atoms with E-state index in [2.05, 4.69) is 14.9 Å². The second-order valence-electron chi connectivity index (χ2n) is 2.49. The lowest BCUT2D eigenvalue weighted by Crippen LogP contribution is -2.20. The third-order valence-electron chi connectivity index (χ3n) is 1.69. The molecule has 3 nitrogen and oxygen atoms in total. The fourth-order valence-corrected chi connectivity index (χ4v) is 1.09. The zero-order valence-corrected chi connectivity index (χ0v) is 6.59. The number of rotatable bonds is 1. The van der Waals surface area contributed by atoms with Gasteiger partial charge in [-0.25, -0.2) is 0 Å². The molecule has 0 radical (unpaired) electrons. The molecule has 0 N–H and O–H groups in total. The van der Waals surface area contributed by atoms with Crippen LogP contribution in [0.3, 0.4) is 0 Å². The van der Waals surface area contributed by atoms with Crippen LogP contribution < -0.4 is 4.90 Å². The van der Waals surface area contributed by atoms with E-state index in [1.54, 1.807) is 12.4 Å². The van der Waals surface area contributed by atoms with Gasteiger partial charge in [0.1, 0.15) is 0 Å². The Morgan fingerprint density at radius 1 is 1.42 bits per heavy atom. The number of hydrogen-bond donors (Lipinski definition) is 0. The Balaban J connectivity index is 2.21. The van der Waals surface area contributed by atoms with Gasteiger partial charge in [0, 0.05) is 24.8 Å². The molecule has 3 heteroatoms. The number of pyridine rings is 1. The maximum Gasteiger partial charge on any atom is 0.0596 e. The van der Waals surface area contributed by atoms with Gasteiger partial charge < -0.3 is 4.90 Å². The summed E-state index contributed by atoms with van der Waals surface area (Å²) in [5.74, 6) is 0. The van der Waals surface area contributed by atoms with E-state index < -0.39 is 0 Å². The average Bonchev–Trinajstić information content (AvgIpc) is 2.21. The van der Waals surface area contributed by atoms with Crippen molar-refractivity contribution in [3.05, 3.63) is 36.9 Å². The Hall–Kier alpha value is -1.64. The Bertz CT molecular complexity index is 303. The van der Waals surface area contributed by atoms with Crippen LogP contribution in [0.2, 0.25) is 0 Å². The highest BCUT2D eigenvalue weighted by atomic mass is 15.1. The highest BCUT2D eigenvalue weighted by Gasteiger charge is 2.01. The number of nitrogens with zero attached hydrogens (tertiary/aromatic N) is 3. The zero-order valence-electron chi connectivity index (χ0n) is 6.59. The monoisotopic (exact) mass is 159 g/mol. The molecular weight excluding hydrogens is 150 g/mol. The molecule has 0 aromatic carbocycles. The van der Waals surface area contributed by atoms with Crippen LogP contribution in [-0.4, -0.2) is 17.7 Å². The van der Waals surface area contributed by atoms with Crippen molar-refractivity contribution in [3.63, 3.8) is 0 Å². The van der Waals surface area contributed by atoms with Crippen LogP contribution in [-0.2, 0) is 0 Å². The summed E-state index contributed by atoms with van der Waals surface area (Å²) in [5.41, 5.74) is 1.10. The first kappa shape index (κ1) is 7.03. The van der Waals surface area contributed by atoms with E-state index in [4.69, 9.17) is 0 Å². The molecule has 0 saturated heterocycles. The van der Waals surface area contributed by atoms with Crippen molar-refractivity contribution in [1.29, 1.82) is 0 Å². The first-order valence-electron chi connectivity index (χ1n) is 3.82. The summed E-state index contributed by atoms with van der Waals surface area (Å²) in [6, 6.07) is 3.95. The van der Waals surface area contributed by atoms with E-state index in [1.807, 2.05) is 30.7 Å². The van der Waals surface area contributed by atoms with Gasteiger partial charge in [0.2, 0.25) is 0 Å². The molecular formula is C9H9N3. The minimum atomic E-state index is 0.822. The molecule has 2 rings (SSSR count). The van der Waals surface area contributed by atoms with Crippen LogP contribution in [0.5, 0.6) is 0 Å². The lowest BCUT2D eigenvalue weighted by Gasteiger charge is -2.18. The summed E-state index contributed by atoms with van der Waals surface area (Å²) in [6.45, 7) is 0.822. The van der Waals surface area contributed by atoms with E-state index >= 15 is 0 Å². The van der Waals surface area contributed by atoms with Gasteiger partial charge in [-0.2, -0.15) is 0 Å². The Kier molecular flexibility index (Phi) is 1.86. The molecule has 1 aromatic rings. The molecule has 0 atom stereocenters. The molecule has 0 aliphatic carbocycles. The second-order valence-corrected chi connectivity index (χ2v) is 2.49. The molecule has 60 valence electrons. The Morgan fingerprint density at radius 3 is 3.08 bits per heavy atom. The lowest BCUT2D eigenvalue weighted by atomic mass is 10.3. The van der Waals surface area contributed by atoms with Crippen molar-refractivity contribution in [1.82, 2.24) is 4.98 Å². The van der Waals surface area contributed by atoms with E-state index in [0.717, 1.165) is 12.2 Å². The SMILES string of the molecule is C1=CN(c2cccnc2)CC=N1. The van der Waals surface area contributed by atoms with Crippen LogP contribution >= 0.6 is 0 Å². The van der Waals surface area contributed by atoms with Crippen LogP contribution in [0.1, 0.15) is 0 Å². The van der Waals surface area contributed by atoms with Crippen molar-refractivity contribution in [2.45, 2.75) is 0 Å². The van der Waals surface area contributed by atoms with Crippen LogP contribution in [0, 0.1) is 0 Å². The van der Waals surface area contributed by atoms with Gasteiger partial charge in [-0.15, -0.1) is 0 Å². The number of aliphatic imine (C=N–C) groups is 1. The minimum Gasteiger partial charge on any atom is -0.340 e. The highest BCUT2D eigenvalue weighted by molar-refractivity contribution is 5.69. The minimum absolute atomic E-state index is 0.822. The lowest BCUT2D eigenvalue weighted by molar-refractivity contribution is 1.09. The Morgan fingerprint density at radius 2 is 2.42 bits per heavy atom. The van der Waals surface area contributed by atoms with Gasteiger partial charge in [0.05, 0.1) is 18.4 Å². The Labute approximate surface area is 71.1 Å². The largest absolute Gasteiger partial charge is 0.340 e. The summed E-state index contributed by atoms with van der Waals surface area (Å²) in [6.07, 6.45) is 9.19. The molecule has 12 heavy (non-hydrogen) atoms. The average molecular weight is 159 g/mol. The van der Waals surface area contributed by atoms with Gasteiger partial charge >= 0.3 is 0 Å². The normalized spacial score (nSPS) is 15.2. The molecule has 1 aromatic heterocycles. The quantitative estimate of drug-likeness (QED) is 0.620. The molecule has 0 saturated carbocycles. The molecule has 0 amide bonds. The summed E-state index contributed by atoms with van der Waals surface area (Å²) < 4.78 is 0. The molecule has 2 heterocycles. The van der Waals surface area contributed by atoms with Crippen molar-refractivity contribution >= 4 is 11.9 Å². The molecule has 1 aliphatic heterocycles. The topological polar surface area (TPSA) is 28.5 Å². The molecule has 0 bridgehead atoms. The number of aromatic nitrogens is 1. The molecule has 1 aliphatic rings. The van der Waals surface area contributed by atoms with E-state index in [-0.39, 0.29) is 0 Å². The van der Waals surface area contributed by atoms with Gasteiger partial charge in [-0.3, -0.25) is 9.98 Å². The van der Waals surface area contributed by atoms with Crippen molar-refractivity contribution in [3.8, 4) is 0 Å². The summed E-state index contributed by atoms with van der Waals surface area (Å²) in [4.78, 5) is 10.1. The van der Waals surface area contributed by atoms with Gasteiger partial charge in [0.15, 0.2) is 0 Å². The standard InChI is InChI=1S/C9H9N3/c1-2-9(8-11-3-1)12-6-4-10-5-7-12/h1-6,8H,7H2. The first-order chi connectivity index (χ1) is 5.97. The van der Waals surface area contributed by atoms with Crippen molar-refractivity contribution in [2.24, 2.45) is 4.99 Å². The van der Waals surface area contributed by atoms with Crippen LogP contribution in [0.25, 0.3) is 0 Å². The maximum atomic E-state index is 4.04. The van der Waals surface area contributed by atoms with E-state index in [0.29, 0.717) is 0 Å². The van der Waals surface area contributed by atoms with Gasteiger partial charge in [-0.05, 0) is 12.1 Å². The van der Waals surface area contributed by atoms with Gasteiger partial charge in [-0.1, -0.05) is 0 Å². The summed E-state index contributed by atoms with van der Waals surface area (Å²) >= 11 is 0. The summed E-state index contributed by atoms with van der Waals surface area (Å²) in [7, 11) is 0. The van der Waals surface area contributed by atoms with Gasteiger partial charge in [0.25, 0.3) is 0 Å². The predicted molar refractivity (Wildman–Crippen MR) is 49.2 cm³/mol. The smallest absolute Gasteiger partial charge is 0.0596 e. The fourth-order valence-electron chi connectivity index (χ4n) is 1.09. The van der Waals surface area contributed by atoms with Crippen LogP contribution in [0.15, 0.2) is 41.9 Å². The number of anilines is 1. The van der Waals surface area contributed by atoms with Crippen molar-refractivity contribution < 1.29 is 0 Å². The van der Waals surface area contributed by atoms with E-state index in [9.17, 15) is 0 Å². The third kappa shape index (κ3) is 1.34. The molecule has 0 unspecified atom stereocenters. The second kappa shape index (κ2) is 3.17. The molecule has 0 fully saturated rings. The molecule has 0 spiro atoms. The maximum absolute atomic E-state index is 4.04. The van der Waals surface area contributed by atoms with E-state index in [1.165, 1.54) is 0 Å². The number of hydrogen-bond acceptors (Lipinski definition) is 3. The zero-order chi connectivity index (χ0) is 8.23. The van der Waals surface area contributed by atoms with Crippen molar-refractivity contribution in [2.75, 3.05) is 11.4 Å². The highest BCUT2D eigenvalue weighted by Crippen LogP contribution is 2.12. The summed E-state index contributed by atoms with van der Waals surface area (Å²) in [5, 5.41) is 0.